The van der Waals surface area contributed by atoms with Gasteiger partial charge in [-0.25, -0.2) is 0 Å². The Kier molecular flexibility index (Phi) is 1.92. The number of rotatable bonds is 2. The van der Waals surface area contributed by atoms with Crippen LogP contribution in [0.5, 0.6) is 0 Å². The van der Waals surface area contributed by atoms with Crippen LogP contribution >= 0.6 is 0 Å². The molecule has 0 spiro atoms. The lowest BCUT2D eigenvalue weighted by atomic mass is 9.96. The zero-order valence-electron chi connectivity index (χ0n) is 8.18. The number of nitrogens with zero attached hydrogens (tertiary/aromatic N) is 5. The van der Waals surface area contributed by atoms with Crippen molar-refractivity contribution < 1.29 is 0 Å². The molecule has 0 amide bonds. The topological polar surface area (TPSA) is 82.0 Å². The van der Waals surface area contributed by atoms with E-state index in [1.165, 1.54) is 4.63 Å². The van der Waals surface area contributed by atoms with Gasteiger partial charge < -0.3 is 5.73 Å². The first kappa shape index (κ1) is 9.01. The fourth-order valence-electron chi connectivity index (χ4n) is 1.14. The molecule has 2 aromatic heterocycles. The largest absolute Gasteiger partial charge is 0.320 e. The molecule has 0 saturated heterocycles. The molecule has 0 fully saturated rings. The molecule has 2 aromatic rings. The SMILES string of the molecule is CCC(C)(N)c1ccc2nnnn2n1. The van der Waals surface area contributed by atoms with E-state index >= 15 is 0 Å². The number of tetrazole rings is 1. The predicted molar refractivity (Wildman–Crippen MR) is 50.4 cm³/mol. The van der Waals surface area contributed by atoms with E-state index in [0.29, 0.717) is 5.65 Å². The van der Waals surface area contributed by atoms with Crippen LogP contribution in [0.4, 0.5) is 0 Å². The number of aromatic nitrogens is 5. The smallest absolute Gasteiger partial charge is 0.199 e. The van der Waals surface area contributed by atoms with E-state index < -0.39 is 5.54 Å². The second-order valence-corrected chi connectivity index (χ2v) is 3.52. The minimum atomic E-state index is -0.430. The fourth-order valence-corrected chi connectivity index (χ4v) is 1.14. The van der Waals surface area contributed by atoms with Gasteiger partial charge in [0.25, 0.3) is 0 Å². The second kappa shape index (κ2) is 2.98. The summed E-state index contributed by atoms with van der Waals surface area (Å²) in [5.74, 6) is 0. The highest BCUT2D eigenvalue weighted by Crippen LogP contribution is 2.18. The normalized spacial score (nSPS) is 15.6. The maximum absolute atomic E-state index is 6.05. The summed E-state index contributed by atoms with van der Waals surface area (Å²) < 4.78 is 1.39. The third kappa shape index (κ3) is 1.33. The predicted octanol–water partition coefficient (Wildman–Crippen LogP) is 0.103. The molecule has 0 aliphatic heterocycles. The van der Waals surface area contributed by atoms with Crippen LogP contribution in [-0.2, 0) is 5.54 Å². The molecule has 0 saturated carbocycles. The Balaban J connectivity index is 2.53. The summed E-state index contributed by atoms with van der Waals surface area (Å²) in [7, 11) is 0. The van der Waals surface area contributed by atoms with Gasteiger partial charge in [-0.3, -0.25) is 0 Å². The zero-order valence-corrected chi connectivity index (χ0v) is 8.18. The highest BCUT2D eigenvalue weighted by molar-refractivity contribution is 5.34. The summed E-state index contributed by atoms with van der Waals surface area (Å²) in [6, 6.07) is 3.66. The first-order valence-corrected chi connectivity index (χ1v) is 4.48. The van der Waals surface area contributed by atoms with Crippen LogP contribution in [-0.4, -0.2) is 25.3 Å². The maximum atomic E-state index is 6.05. The number of nitrogens with two attached hydrogens (primary N) is 1. The maximum Gasteiger partial charge on any atom is 0.199 e. The Hall–Kier alpha value is -1.56. The van der Waals surface area contributed by atoms with Crippen LogP contribution in [0.15, 0.2) is 12.1 Å². The molecular formula is C8H12N6. The average Bonchev–Trinajstić information content (AvgIpc) is 2.64. The number of hydrogen-bond acceptors (Lipinski definition) is 5. The van der Waals surface area contributed by atoms with Gasteiger partial charge >= 0.3 is 0 Å². The van der Waals surface area contributed by atoms with Gasteiger partial charge in [-0.05, 0) is 35.9 Å². The molecule has 6 nitrogen and oxygen atoms in total. The Morgan fingerprint density at radius 2 is 2.29 bits per heavy atom. The van der Waals surface area contributed by atoms with Crippen molar-refractivity contribution in [3.63, 3.8) is 0 Å². The standard InChI is InChI=1S/C8H12N6/c1-3-8(2,9)6-4-5-7-10-12-13-14(7)11-6/h4-5H,3,9H2,1-2H3. The first-order chi connectivity index (χ1) is 6.63. The zero-order chi connectivity index (χ0) is 10.2. The summed E-state index contributed by atoms with van der Waals surface area (Å²) in [5.41, 5.74) is 7.04. The molecule has 0 aromatic carbocycles. The molecule has 2 rings (SSSR count). The molecule has 14 heavy (non-hydrogen) atoms. The summed E-state index contributed by atoms with van der Waals surface area (Å²) >= 11 is 0. The monoisotopic (exact) mass is 192 g/mol. The van der Waals surface area contributed by atoms with Crippen LogP contribution in [0.25, 0.3) is 5.65 Å². The van der Waals surface area contributed by atoms with Crippen LogP contribution in [0, 0.1) is 0 Å². The van der Waals surface area contributed by atoms with Crippen LogP contribution in [0.1, 0.15) is 26.0 Å². The van der Waals surface area contributed by atoms with Gasteiger partial charge in [0.1, 0.15) is 0 Å². The molecule has 2 heterocycles. The van der Waals surface area contributed by atoms with E-state index in [9.17, 15) is 0 Å². The number of fused-ring (bicyclic) bond motifs is 1. The summed E-state index contributed by atoms with van der Waals surface area (Å²) in [6.45, 7) is 3.96. The van der Waals surface area contributed by atoms with Crippen molar-refractivity contribution in [3.05, 3.63) is 17.8 Å². The van der Waals surface area contributed by atoms with Crippen LogP contribution in [0.2, 0.25) is 0 Å². The Bertz CT molecular complexity index is 446. The van der Waals surface area contributed by atoms with Crippen LogP contribution in [0.3, 0.4) is 0 Å². The minimum absolute atomic E-state index is 0.430. The third-order valence-corrected chi connectivity index (χ3v) is 2.39. The van der Waals surface area contributed by atoms with E-state index in [-0.39, 0.29) is 0 Å². The van der Waals surface area contributed by atoms with Gasteiger partial charge in [-0.15, -0.1) is 9.73 Å². The molecular weight excluding hydrogens is 180 g/mol. The average molecular weight is 192 g/mol. The van der Waals surface area contributed by atoms with Gasteiger partial charge in [0.2, 0.25) is 0 Å². The molecule has 0 aliphatic rings. The summed E-state index contributed by atoms with van der Waals surface area (Å²) in [4.78, 5) is 0. The van der Waals surface area contributed by atoms with Crippen molar-refractivity contribution in [2.24, 2.45) is 5.73 Å². The molecule has 0 aliphatic carbocycles. The summed E-state index contributed by atoms with van der Waals surface area (Å²) in [5, 5.41) is 15.2. The van der Waals surface area contributed by atoms with Crippen molar-refractivity contribution in [2.45, 2.75) is 25.8 Å². The Morgan fingerprint density at radius 3 is 3.00 bits per heavy atom. The Labute approximate surface area is 81.1 Å². The minimum Gasteiger partial charge on any atom is -0.320 e. The summed E-state index contributed by atoms with van der Waals surface area (Å²) in [6.07, 6.45) is 0.813. The van der Waals surface area contributed by atoms with E-state index in [0.717, 1.165) is 12.1 Å². The molecule has 0 radical (unpaired) electrons. The number of hydrogen-bond donors (Lipinski definition) is 1. The molecule has 1 atom stereocenters. The van der Waals surface area contributed by atoms with Crippen molar-refractivity contribution in [1.29, 1.82) is 0 Å². The van der Waals surface area contributed by atoms with Gasteiger partial charge in [-0.2, -0.15) is 5.10 Å². The highest BCUT2D eigenvalue weighted by atomic mass is 15.6. The highest BCUT2D eigenvalue weighted by Gasteiger charge is 2.21. The van der Waals surface area contributed by atoms with Gasteiger partial charge in [0.15, 0.2) is 5.65 Å². The lowest BCUT2D eigenvalue weighted by Gasteiger charge is -2.20. The van der Waals surface area contributed by atoms with Gasteiger partial charge in [0.05, 0.1) is 11.2 Å². The molecule has 74 valence electrons. The van der Waals surface area contributed by atoms with E-state index in [1.54, 1.807) is 0 Å². The third-order valence-electron chi connectivity index (χ3n) is 2.39. The fraction of sp³-hybridized carbons (Fsp3) is 0.500. The van der Waals surface area contributed by atoms with Crippen molar-refractivity contribution in [1.82, 2.24) is 25.3 Å². The quantitative estimate of drug-likeness (QED) is 0.729. The molecule has 2 N–H and O–H groups in total. The van der Waals surface area contributed by atoms with E-state index in [1.807, 2.05) is 26.0 Å². The van der Waals surface area contributed by atoms with Gasteiger partial charge in [0, 0.05) is 0 Å². The second-order valence-electron chi connectivity index (χ2n) is 3.52. The Morgan fingerprint density at radius 1 is 1.50 bits per heavy atom. The van der Waals surface area contributed by atoms with Crippen molar-refractivity contribution in [2.75, 3.05) is 0 Å². The molecule has 1 unspecified atom stereocenters. The van der Waals surface area contributed by atoms with E-state index in [2.05, 4.69) is 20.6 Å². The van der Waals surface area contributed by atoms with Crippen molar-refractivity contribution >= 4 is 5.65 Å². The first-order valence-electron chi connectivity index (χ1n) is 4.48. The molecule has 0 bridgehead atoms. The molecule has 6 heteroatoms. The lowest BCUT2D eigenvalue weighted by Crippen LogP contribution is -2.33. The van der Waals surface area contributed by atoms with Gasteiger partial charge in [-0.1, -0.05) is 6.92 Å². The van der Waals surface area contributed by atoms with E-state index in [4.69, 9.17) is 5.73 Å². The van der Waals surface area contributed by atoms with Crippen LogP contribution < -0.4 is 5.73 Å². The lowest BCUT2D eigenvalue weighted by molar-refractivity contribution is 0.449. The van der Waals surface area contributed by atoms with Crippen molar-refractivity contribution in [3.8, 4) is 0 Å².